The third kappa shape index (κ3) is 4.47. The van der Waals surface area contributed by atoms with Crippen molar-refractivity contribution in [1.29, 1.82) is 0 Å². The van der Waals surface area contributed by atoms with Gasteiger partial charge in [0.25, 0.3) is 0 Å². The SMILES string of the molecule is CN(Cc1ccc(Cl)s1)c1nnc(CNC(C)(C)C)o1. The van der Waals surface area contributed by atoms with Crippen molar-refractivity contribution >= 4 is 29.0 Å². The van der Waals surface area contributed by atoms with Crippen molar-refractivity contribution in [3.8, 4) is 0 Å². The van der Waals surface area contributed by atoms with Gasteiger partial charge >= 0.3 is 6.01 Å². The highest BCUT2D eigenvalue weighted by atomic mass is 35.5. The van der Waals surface area contributed by atoms with E-state index in [0.717, 1.165) is 9.21 Å². The minimum Gasteiger partial charge on any atom is -0.407 e. The van der Waals surface area contributed by atoms with Crippen molar-refractivity contribution in [1.82, 2.24) is 15.5 Å². The molecule has 1 N–H and O–H groups in total. The maximum absolute atomic E-state index is 5.92. The fourth-order valence-corrected chi connectivity index (χ4v) is 2.69. The predicted octanol–water partition coefficient (Wildman–Crippen LogP) is 3.31. The highest BCUT2D eigenvalue weighted by Gasteiger charge is 2.14. The molecule has 0 unspecified atom stereocenters. The van der Waals surface area contributed by atoms with Gasteiger partial charge in [0.1, 0.15) is 0 Å². The molecule has 20 heavy (non-hydrogen) atoms. The number of aromatic nitrogens is 2. The zero-order valence-electron chi connectivity index (χ0n) is 12.1. The minimum absolute atomic E-state index is 0.0221. The number of nitrogens with zero attached hydrogens (tertiary/aromatic N) is 3. The minimum atomic E-state index is 0.0221. The van der Waals surface area contributed by atoms with Crippen molar-refractivity contribution in [2.75, 3.05) is 11.9 Å². The van der Waals surface area contributed by atoms with Gasteiger partial charge in [-0.25, -0.2) is 0 Å². The fraction of sp³-hybridized carbons (Fsp3) is 0.538. The van der Waals surface area contributed by atoms with E-state index in [4.69, 9.17) is 16.0 Å². The molecular weight excluding hydrogens is 296 g/mol. The third-order valence-corrected chi connectivity index (χ3v) is 3.79. The number of halogens is 1. The van der Waals surface area contributed by atoms with Crippen LogP contribution in [0.25, 0.3) is 0 Å². The van der Waals surface area contributed by atoms with Crippen LogP contribution < -0.4 is 10.2 Å². The van der Waals surface area contributed by atoms with Gasteiger partial charge < -0.3 is 14.6 Å². The topological polar surface area (TPSA) is 54.2 Å². The van der Waals surface area contributed by atoms with Gasteiger partial charge in [0.2, 0.25) is 5.89 Å². The van der Waals surface area contributed by atoms with Crippen molar-refractivity contribution in [2.45, 2.75) is 39.4 Å². The molecule has 0 fully saturated rings. The molecule has 2 rings (SSSR count). The molecule has 5 nitrogen and oxygen atoms in total. The number of nitrogens with one attached hydrogen (secondary N) is 1. The Morgan fingerprint density at radius 1 is 1.35 bits per heavy atom. The normalized spacial score (nSPS) is 11.8. The zero-order chi connectivity index (χ0) is 14.8. The lowest BCUT2D eigenvalue weighted by molar-refractivity contribution is 0.381. The van der Waals surface area contributed by atoms with Crippen LogP contribution in [0.3, 0.4) is 0 Å². The molecule has 0 aliphatic rings. The molecule has 2 aromatic heterocycles. The number of thiophene rings is 1. The molecule has 2 heterocycles. The predicted molar refractivity (Wildman–Crippen MR) is 82.3 cm³/mol. The van der Waals surface area contributed by atoms with Crippen molar-refractivity contribution in [3.05, 3.63) is 27.2 Å². The monoisotopic (exact) mass is 314 g/mol. The first-order valence-electron chi connectivity index (χ1n) is 6.36. The molecule has 0 aliphatic carbocycles. The van der Waals surface area contributed by atoms with E-state index in [-0.39, 0.29) is 5.54 Å². The third-order valence-electron chi connectivity index (χ3n) is 2.57. The standard InChI is InChI=1S/C13H19ClN4OS/c1-13(2,3)15-7-11-16-17-12(19-11)18(4)8-9-5-6-10(14)20-9/h5-6,15H,7-8H2,1-4H3. The maximum atomic E-state index is 5.92. The fourth-order valence-electron chi connectivity index (χ4n) is 1.55. The molecule has 0 saturated heterocycles. The summed E-state index contributed by atoms with van der Waals surface area (Å²) in [7, 11) is 1.92. The Labute approximate surface area is 127 Å². The first-order valence-corrected chi connectivity index (χ1v) is 7.56. The van der Waals surface area contributed by atoms with Gasteiger partial charge in [-0.1, -0.05) is 16.7 Å². The van der Waals surface area contributed by atoms with E-state index in [1.54, 1.807) is 11.3 Å². The Morgan fingerprint density at radius 3 is 2.70 bits per heavy atom. The van der Waals surface area contributed by atoms with Crippen LogP contribution >= 0.6 is 22.9 Å². The van der Waals surface area contributed by atoms with E-state index in [1.807, 2.05) is 24.1 Å². The summed E-state index contributed by atoms with van der Waals surface area (Å²) in [4.78, 5) is 3.07. The van der Waals surface area contributed by atoms with Crippen LogP contribution in [0, 0.1) is 0 Å². The summed E-state index contributed by atoms with van der Waals surface area (Å²) in [6, 6.07) is 4.41. The molecule has 0 saturated carbocycles. The molecule has 2 aromatic rings. The van der Waals surface area contributed by atoms with Crippen molar-refractivity contribution in [3.63, 3.8) is 0 Å². The van der Waals surface area contributed by atoms with E-state index in [1.165, 1.54) is 0 Å². The number of hydrogen-bond donors (Lipinski definition) is 1. The molecular formula is C13H19ClN4OS. The second-order valence-corrected chi connectivity index (χ2v) is 7.44. The molecule has 0 aromatic carbocycles. The summed E-state index contributed by atoms with van der Waals surface area (Å²) in [5.74, 6) is 0.589. The van der Waals surface area contributed by atoms with Gasteiger partial charge in [-0.05, 0) is 32.9 Å². The second-order valence-electron chi connectivity index (χ2n) is 5.64. The van der Waals surface area contributed by atoms with Gasteiger partial charge in [-0.2, -0.15) is 0 Å². The van der Waals surface area contributed by atoms with E-state index in [2.05, 4.69) is 36.3 Å². The van der Waals surface area contributed by atoms with Gasteiger partial charge in [-0.3, -0.25) is 0 Å². The summed E-state index contributed by atoms with van der Waals surface area (Å²) < 4.78 is 6.42. The van der Waals surface area contributed by atoms with Gasteiger partial charge in [0, 0.05) is 17.5 Å². The summed E-state index contributed by atoms with van der Waals surface area (Å²) in [5.41, 5.74) is 0.0221. The molecule has 7 heteroatoms. The van der Waals surface area contributed by atoms with E-state index < -0.39 is 0 Å². The molecule has 0 spiro atoms. The summed E-state index contributed by atoms with van der Waals surface area (Å²) in [5, 5.41) is 11.4. The second kappa shape index (κ2) is 6.11. The Hall–Kier alpha value is -1.11. The average molecular weight is 315 g/mol. The Morgan fingerprint density at radius 2 is 2.10 bits per heavy atom. The summed E-state index contributed by atoms with van der Waals surface area (Å²) in [6.45, 7) is 7.55. The summed E-state index contributed by atoms with van der Waals surface area (Å²) >= 11 is 7.47. The lowest BCUT2D eigenvalue weighted by Crippen LogP contribution is -2.35. The molecule has 0 bridgehead atoms. The number of rotatable bonds is 5. The van der Waals surface area contributed by atoms with Gasteiger partial charge in [-0.15, -0.1) is 16.4 Å². The van der Waals surface area contributed by atoms with Crippen LogP contribution in [-0.2, 0) is 13.1 Å². The Bertz CT molecular complexity index is 561. The molecule has 110 valence electrons. The van der Waals surface area contributed by atoms with Crippen molar-refractivity contribution in [2.24, 2.45) is 0 Å². The first-order chi connectivity index (χ1) is 9.33. The van der Waals surface area contributed by atoms with Crippen LogP contribution in [0.4, 0.5) is 6.01 Å². The highest BCUT2D eigenvalue weighted by molar-refractivity contribution is 7.16. The summed E-state index contributed by atoms with van der Waals surface area (Å²) in [6.07, 6.45) is 0. The van der Waals surface area contributed by atoms with E-state index >= 15 is 0 Å². The molecule has 0 aliphatic heterocycles. The highest BCUT2D eigenvalue weighted by Crippen LogP contribution is 2.24. The van der Waals surface area contributed by atoms with Crippen LogP contribution in [0.1, 0.15) is 31.5 Å². The Balaban J connectivity index is 1.94. The zero-order valence-corrected chi connectivity index (χ0v) is 13.7. The number of hydrogen-bond acceptors (Lipinski definition) is 6. The molecule has 0 atom stereocenters. The van der Waals surface area contributed by atoms with Gasteiger partial charge in [0.05, 0.1) is 17.4 Å². The quantitative estimate of drug-likeness (QED) is 0.917. The molecule has 0 radical (unpaired) electrons. The van der Waals surface area contributed by atoms with Crippen LogP contribution in [-0.4, -0.2) is 22.8 Å². The van der Waals surface area contributed by atoms with Crippen molar-refractivity contribution < 1.29 is 4.42 Å². The average Bonchev–Trinajstić information content (AvgIpc) is 2.95. The Kier molecular flexibility index (Phi) is 4.67. The first kappa shape index (κ1) is 15.3. The lowest BCUT2D eigenvalue weighted by atomic mass is 10.1. The van der Waals surface area contributed by atoms with Gasteiger partial charge in [0.15, 0.2) is 0 Å². The van der Waals surface area contributed by atoms with Crippen LogP contribution in [0.5, 0.6) is 0 Å². The lowest BCUT2D eigenvalue weighted by Gasteiger charge is -2.18. The molecule has 0 amide bonds. The van der Waals surface area contributed by atoms with E-state index in [0.29, 0.717) is 25.0 Å². The maximum Gasteiger partial charge on any atom is 0.318 e. The van der Waals surface area contributed by atoms with E-state index in [9.17, 15) is 0 Å². The van der Waals surface area contributed by atoms with Crippen LogP contribution in [0.15, 0.2) is 16.5 Å². The van der Waals surface area contributed by atoms with Crippen LogP contribution in [0.2, 0.25) is 4.34 Å². The smallest absolute Gasteiger partial charge is 0.318 e. The number of anilines is 1. The largest absolute Gasteiger partial charge is 0.407 e.